The topological polar surface area (TPSA) is 57.5 Å². The normalized spacial score (nSPS) is 13.5. The fraction of sp³-hybridized carbons (Fsp3) is 0.381. The third-order valence-corrected chi connectivity index (χ3v) is 4.51. The molecule has 0 aliphatic carbocycles. The molecule has 0 heterocycles. The Morgan fingerprint density at radius 1 is 0.958 bits per heavy atom. The Bertz CT molecular complexity index is 654. The molecule has 0 radical (unpaired) electrons. The van der Waals surface area contributed by atoms with Crippen molar-refractivity contribution < 1.29 is 15.0 Å². The number of carboxylic acids is 1. The van der Waals surface area contributed by atoms with E-state index in [1.807, 2.05) is 24.3 Å². The van der Waals surface area contributed by atoms with Gasteiger partial charge in [0.25, 0.3) is 0 Å². The minimum Gasteiger partial charge on any atom is -0.481 e. The Labute approximate surface area is 144 Å². The highest BCUT2D eigenvalue weighted by Gasteiger charge is 2.22. The average molecular weight is 326 g/mol. The Hall–Kier alpha value is -2.13. The van der Waals surface area contributed by atoms with Gasteiger partial charge in [-0.1, -0.05) is 55.5 Å². The van der Waals surface area contributed by atoms with E-state index >= 15 is 0 Å². The molecular formula is C21H26O3. The first-order chi connectivity index (χ1) is 11.4. The Balaban J connectivity index is 2.02. The van der Waals surface area contributed by atoms with E-state index < -0.39 is 11.6 Å². The van der Waals surface area contributed by atoms with Gasteiger partial charge in [0, 0.05) is 6.42 Å². The zero-order valence-electron chi connectivity index (χ0n) is 14.5. The zero-order chi connectivity index (χ0) is 17.6. The van der Waals surface area contributed by atoms with Gasteiger partial charge in [-0.3, -0.25) is 4.79 Å². The predicted octanol–water partition coefficient (Wildman–Crippen LogP) is 4.77. The highest BCUT2D eigenvalue weighted by Crippen LogP contribution is 2.29. The summed E-state index contributed by atoms with van der Waals surface area (Å²) in [4.78, 5) is 10.5. The van der Waals surface area contributed by atoms with Gasteiger partial charge in [0.05, 0.1) is 5.60 Å². The number of hydrogen-bond acceptors (Lipinski definition) is 2. The molecule has 3 nitrogen and oxygen atoms in total. The molecule has 2 aromatic rings. The molecule has 0 aliphatic heterocycles. The van der Waals surface area contributed by atoms with E-state index in [-0.39, 0.29) is 6.42 Å². The molecule has 0 saturated carbocycles. The van der Waals surface area contributed by atoms with Crippen molar-refractivity contribution in [1.29, 1.82) is 0 Å². The molecule has 3 heteroatoms. The van der Waals surface area contributed by atoms with Crippen LogP contribution in [0.25, 0.3) is 11.1 Å². The Morgan fingerprint density at radius 2 is 1.50 bits per heavy atom. The van der Waals surface area contributed by atoms with Crippen LogP contribution in [0.2, 0.25) is 0 Å². The number of carboxylic acid groups (broad SMARTS) is 1. The summed E-state index contributed by atoms with van der Waals surface area (Å²) in [5.74, 6) is -0.784. The van der Waals surface area contributed by atoms with Gasteiger partial charge in [0.15, 0.2) is 0 Å². The van der Waals surface area contributed by atoms with Crippen LogP contribution in [-0.4, -0.2) is 16.2 Å². The molecule has 2 aromatic carbocycles. The molecule has 0 amide bonds. The monoisotopic (exact) mass is 326 g/mol. The molecule has 0 spiro atoms. The van der Waals surface area contributed by atoms with Gasteiger partial charge in [0.1, 0.15) is 0 Å². The van der Waals surface area contributed by atoms with Gasteiger partial charge in [0.2, 0.25) is 0 Å². The second-order valence-electron chi connectivity index (χ2n) is 6.50. The minimum absolute atomic E-state index is 0.156. The Morgan fingerprint density at radius 3 is 2.00 bits per heavy atom. The van der Waals surface area contributed by atoms with Crippen molar-refractivity contribution in [3.8, 4) is 11.1 Å². The summed E-state index contributed by atoms with van der Waals surface area (Å²) in [7, 11) is 0. The summed E-state index contributed by atoms with van der Waals surface area (Å²) in [5, 5.41) is 19.3. The van der Waals surface area contributed by atoms with E-state index in [2.05, 4.69) is 31.2 Å². The van der Waals surface area contributed by atoms with Crippen LogP contribution < -0.4 is 0 Å². The molecule has 0 fully saturated rings. The fourth-order valence-corrected chi connectivity index (χ4v) is 2.84. The van der Waals surface area contributed by atoms with Gasteiger partial charge in [-0.05, 0) is 54.9 Å². The van der Waals surface area contributed by atoms with Crippen LogP contribution >= 0.6 is 0 Å². The third-order valence-electron chi connectivity index (χ3n) is 4.51. The van der Waals surface area contributed by atoms with E-state index in [1.54, 1.807) is 6.92 Å². The van der Waals surface area contributed by atoms with Gasteiger partial charge in [-0.15, -0.1) is 0 Å². The summed E-state index contributed by atoms with van der Waals surface area (Å²) in [6.45, 7) is 3.93. The largest absolute Gasteiger partial charge is 0.481 e. The maximum absolute atomic E-state index is 10.6. The van der Waals surface area contributed by atoms with Crippen molar-refractivity contribution >= 4 is 5.97 Å². The molecule has 0 bridgehead atoms. The van der Waals surface area contributed by atoms with Crippen LogP contribution in [0.5, 0.6) is 0 Å². The van der Waals surface area contributed by atoms with Crippen LogP contribution in [0.4, 0.5) is 0 Å². The van der Waals surface area contributed by atoms with Crippen LogP contribution in [0.1, 0.15) is 50.7 Å². The van der Waals surface area contributed by atoms with E-state index in [9.17, 15) is 9.90 Å². The summed E-state index contributed by atoms with van der Waals surface area (Å²) < 4.78 is 0. The first-order valence-electron chi connectivity index (χ1n) is 8.56. The first-order valence-corrected chi connectivity index (χ1v) is 8.56. The predicted molar refractivity (Wildman–Crippen MR) is 96.9 cm³/mol. The highest BCUT2D eigenvalue weighted by molar-refractivity contribution is 5.66. The second kappa shape index (κ2) is 8.11. The molecule has 2 N–H and O–H groups in total. The lowest BCUT2D eigenvalue weighted by Gasteiger charge is -2.24. The Kier molecular flexibility index (Phi) is 6.16. The molecule has 128 valence electrons. The fourth-order valence-electron chi connectivity index (χ4n) is 2.84. The zero-order valence-corrected chi connectivity index (χ0v) is 14.5. The smallest absolute Gasteiger partial charge is 0.303 e. The van der Waals surface area contributed by atoms with Crippen molar-refractivity contribution in [1.82, 2.24) is 0 Å². The van der Waals surface area contributed by atoms with Crippen LogP contribution in [0.3, 0.4) is 0 Å². The first kappa shape index (κ1) is 18.2. The van der Waals surface area contributed by atoms with Crippen molar-refractivity contribution in [3.05, 3.63) is 59.7 Å². The summed E-state index contributed by atoms with van der Waals surface area (Å²) in [6.07, 6.45) is 3.03. The SMILES string of the molecule is CCc1ccc(-c2ccc(C(C)(O)CCCCC(=O)O)cc2)cc1. The number of aliphatic carboxylic acids is 1. The molecule has 0 saturated heterocycles. The van der Waals surface area contributed by atoms with Crippen molar-refractivity contribution in [2.24, 2.45) is 0 Å². The van der Waals surface area contributed by atoms with E-state index in [0.717, 1.165) is 17.5 Å². The number of aliphatic hydroxyl groups is 1. The van der Waals surface area contributed by atoms with Gasteiger partial charge in [-0.25, -0.2) is 0 Å². The van der Waals surface area contributed by atoms with Crippen molar-refractivity contribution in [2.75, 3.05) is 0 Å². The maximum atomic E-state index is 10.6. The second-order valence-corrected chi connectivity index (χ2v) is 6.50. The van der Waals surface area contributed by atoms with Crippen molar-refractivity contribution in [2.45, 2.75) is 51.6 Å². The van der Waals surface area contributed by atoms with E-state index in [4.69, 9.17) is 5.11 Å². The quantitative estimate of drug-likeness (QED) is 0.687. The molecule has 0 aromatic heterocycles. The van der Waals surface area contributed by atoms with E-state index in [0.29, 0.717) is 19.3 Å². The molecule has 2 rings (SSSR count). The average Bonchev–Trinajstić information content (AvgIpc) is 2.59. The number of aryl methyl sites for hydroxylation is 1. The standard InChI is InChI=1S/C21H26O3/c1-3-16-7-9-17(10-8-16)18-11-13-19(14-12-18)21(2,24)15-5-4-6-20(22)23/h7-14,24H,3-6,15H2,1-2H3,(H,22,23). The number of hydrogen-bond donors (Lipinski definition) is 2. The minimum atomic E-state index is -0.927. The molecular weight excluding hydrogens is 300 g/mol. The van der Waals surface area contributed by atoms with E-state index in [1.165, 1.54) is 11.1 Å². The number of unbranched alkanes of at least 4 members (excludes halogenated alkanes) is 1. The summed E-state index contributed by atoms with van der Waals surface area (Å²) in [6, 6.07) is 16.5. The number of carbonyl (C=O) groups is 1. The summed E-state index contributed by atoms with van der Waals surface area (Å²) >= 11 is 0. The van der Waals surface area contributed by atoms with Gasteiger partial charge in [-0.2, -0.15) is 0 Å². The third kappa shape index (κ3) is 4.93. The van der Waals surface area contributed by atoms with Crippen LogP contribution in [0, 0.1) is 0 Å². The molecule has 0 aliphatic rings. The molecule has 24 heavy (non-hydrogen) atoms. The number of benzene rings is 2. The molecule has 1 unspecified atom stereocenters. The lowest BCUT2D eigenvalue weighted by Crippen LogP contribution is -2.20. The van der Waals surface area contributed by atoms with Crippen LogP contribution in [0.15, 0.2) is 48.5 Å². The highest BCUT2D eigenvalue weighted by atomic mass is 16.4. The maximum Gasteiger partial charge on any atom is 0.303 e. The lowest BCUT2D eigenvalue weighted by molar-refractivity contribution is -0.137. The van der Waals surface area contributed by atoms with Crippen LogP contribution in [-0.2, 0) is 16.8 Å². The summed E-state index contributed by atoms with van der Waals surface area (Å²) in [5.41, 5.74) is 3.55. The number of rotatable bonds is 8. The lowest BCUT2D eigenvalue weighted by atomic mass is 9.89. The van der Waals surface area contributed by atoms with Crippen molar-refractivity contribution in [3.63, 3.8) is 0 Å². The molecule has 1 atom stereocenters. The van der Waals surface area contributed by atoms with Gasteiger partial charge < -0.3 is 10.2 Å². The van der Waals surface area contributed by atoms with Gasteiger partial charge >= 0.3 is 5.97 Å².